The molecule has 0 bridgehead atoms. The molecule has 112 valence electrons. The number of nitrogens with one attached hydrogen (secondary N) is 2. The molecular formula is C14H23N3O2S. The van der Waals surface area contributed by atoms with Crippen LogP contribution < -0.4 is 10.0 Å². The largest absolute Gasteiger partial charge is 0.381 e. The standard InChI is InChI=1S/C14H23N3O2S/c1-3-15-20(18,19)14-7-5-4-6-13(14)16-12-8-10-17(2)11-9-12/h4-7,12,15-16H,3,8-11H2,1-2H3. The fraction of sp³-hybridized carbons (Fsp3) is 0.571. The van der Waals surface area contributed by atoms with E-state index in [1.54, 1.807) is 19.1 Å². The summed E-state index contributed by atoms with van der Waals surface area (Å²) in [6.45, 7) is 4.26. The summed E-state index contributed by atoms with van der Waals surface area (Å²) in [6.07, 6.45) is 2.07. The molecule has 5 nitrogen and oxygen atoms in total. The van der Waals surface area contributed by atoms with Gasteiger partial charge in [-0.05, 0) is 45.1 Å². The lowest BCUT2D eigenvalue weighted by Gasteiger charge is -2.30. The van der Waals surface area contributed by atoms with E-state index in [1.165, 1.54) is 0 Å². The summed E-state index contributed by atoms with van der Waals surface area (Å²) in [5.41, 5.74) is 0.697. The average molecular weight is 297 g/mol. The Bertz CT molecular complexity index is 537. The predicted molar refractivity (Wildman–Crippen MR) is 81.4 cm³/mol. The maximum atomic E-state index is 12.2. The van der Waals surface area contributed by atoms with Gasteiger partial charge in [0.05, 0.1) is 5.69 Å². The molecule has 0 saturated carbocycles. The topological polar surface area (TPSA) is 61.4 Å². The molecule has 20 heavy (non-hydrogen) atoms. The summed E-state index contributed by atoms with van der Waals surface area (Å²) in [7, 11) is -1.31. The molecule has 0 unspecified atom stereocenters. The molecule has 1 saturated heterocycles. The molecule has 6 heteroatoms. The zero-order valence-electron chi connectivity index (χ0n) is 12.1. The van der Waals surface area contributed by atoms with Gasteiger partial charge in [0.25, 0.3) is 0 Å². The highest BCUT2D eigenvalue weighted by atomic mass is 32.2. The van der Waals surface area contributed by atoms with E-state index in [0.717, 1.165) is 25.9 Å². The lowest BCUT2D eigenvalue weighted by molar-refractivity contribution is 0.264. The van der Waals surface area contributed by atoms with Crippen LogP contribution in [0.4, 0.5) is 5.69 Å². The Morgan fingerprint density at radius 3 is 2.55 bits per heavy atom. The fourth-order valence-corrected chi connectivity index (χ4v) is 3.67. The van der Waals surface area contributed by atoms with Crippen LogP contribution in [-0.2, 0) is 10.0 Å². The zero-order valence-corrected chi connectivity index (χ0v) is 12.9. The van der Waals surface area contributed by atoms with Crippen LogP contribution in [0, 0.1) is 0 Å². The molecule has 1 aliphatic rings. The minimum absolute atomic E-state index is 0.334. The lowest BCUT2D eigenvalue weighted by Crippen LogP contribution is -2.37. The minimum Gasteiger partial charge on any atom is -0.381 e. The number of nitrogens with zero attached hydrogens (tertiary/aromatic N) is 1. The third kappa shape index (κ3) is 3.71. The van der Waals surface area contributed by atoms with E-state index in [0.29, 0.717) is 23.2 Å². The smallest absolute Gasteiger partial charge is 0.242 e. The number of para-hydroxylation sites is 1. The van der Waals surface area contributed by atoms with Crippen LogP contribution in [-0.4, -0.2) is 46.0 Å². The molecule has 0 atom stereocenters. The molecule has 0 spiro atoms. The molecule has 1 fully saturated rings. The lowest BCUT2D eigenvalue weighted by atomic mass is 10.1. The summed E-state index contributed by atoms with van der Waals surface area (Å²) >= 11 is 0. The highest BCUT2D eigenvalue weighted by Gasteiger charge is 2.21. The second kappa shape index (κ2) is 6.56. The highest BCUT2D eigenvalue weighted by Crippen LogP contribution is 2.23. The highest BCUT2D eigenvalue weighted by molar-refractivity contribution is 7.89. The van der Waals surface area contributed by atoms with Crippen molar-refractivity contribution in [2.75, 3.05) is 32.0 Å². The van der Waals surface area contributed by atoms with Crippen LogP contribution in [0.1, 0.15) is 19.8 Å². The summed E-state index contributed by atoms with van der Waals surface area (Å²) < 4.78 is 26.9. The maximum absolute atomic E-state index is 12.2. The van der Waals surface area contributed by atoms with Crippen molar-refractivity contribution >= 4 is 15.7 Å². The predicted octanol–water partition coefficient (Wildman–Crippen LogP) is 1.49. The molecule has 0 aromatic heterocycles. The van der Waals surface area contributed by atoms with Crippen molar-refractivity contribution in [2.24, 2.45) is 0 Å². The summed E-state index contributed by atoms with van der Waals surface area (Å²) in [6, 6.07) is 7.44. The van der Waals surface area contributed by atoms with Gasteiger partial charge >= 0.3 is 0 Å². The first kappa shape index (κ1) is 15.3. The summed E-state index contributed by atoms with van der Waals surface area (Å²) in [4.78, 5) is 2.63. The Hall–Kier alpha value is -1.11. The van der Waals surface area contributed by atoms with Crippen molar-refractivity contribution in [1.29, 1.82) is 0 Å². The van der Waals surface area contributed by atoms with E-state index in [-0.39, 0.29) is 0 Å². The van der Waals surface area contributed by atoms with Gasteiger partial charge in [-0.25, -0.2) is 13.1 Å². The fourth-order valence-electron chi connectivity index (χ4n) is 2.46. The molecule has 1 aromatic rings. The Morgan fingerprint density at radius 1 is 1.25 bits per heavy atom. The van der Waals surface area contributed by atoms with Crippen molar-refractivity contribution in [1.82, 2.24) is 9.62 Å². The number of piperidine rings is 1. The Morgan fingerprint density at radius 2 is 1.90 bits per heavy atom. The number of rotatable bonds is 5. The Balaban J connectivity index is 2.16. The van der Waals surface area contributed by atoms with Crippen LogP contribution in [0.15, 0.2) is 29.2 Å². The number of benzene rings is 1. The van der Waals surface area contributed by atoms with Gasteiger partial charge in [-0.2, -0.15) is 0 Å². The van der Waals surface area contributed by atoms with Gasteiger partial charge in [0.1, 0.15) is 4.90 Å². The van der Waals surface area contributed by atoms with Crippen molar-refractivity contribution in [3.05, 3.63) is 24.3 Å². The number of anilines is 1. The zero-order chi connectivity index (χ0) is 14.6. The number of sulfonamides is 1. The van der Waals surface area contributed by atoms with Gasteiger partial charge < -0.3 is 10.2 Å². The first-order valence-corrected chi connectivity index (χ1v) is 8.55. The molecule has 0 amide bonds. The van der Waals surface area contributed by atoms with E-state index >= 15 is 0 Å². The van der Waals surface area contributed by atoms with Gasteiger partial charge in [0, 0.05) is 12.6 Å². The van der Waals surface area contributed by atoms with Crippen molar-refractivity contribution in [2.45, 2.75) is 30.7 Å². The monoisotopic (exact) mass is 297 g/mol. The molecule has 1 aromatic carbocycles. The third-order valence-corrected chi connectivity index (χ3v) is 5.19. The first-order valence-electron chi connectivity index (χ1n) is 7.06. The second-order valence-corrected chi connectivity index (χ2v) is 6.95. The second-order valence-electron chi connectivity index (χ2n) is 5.22. The summed E-state index contributed by atoms with van der Waals surface area (Å²) in [5.74, 6) is 0. The molecule has 1 aliphatic heterocycles. The van der Waals surface area contributed by atoms with Crippen LogP contribution >= 0.6 is 0 Å². The van der Waals surface area contributed by atoms with Crippen molar-refractivity contribution in [3.8, 4) is 0 Å². The Kier molecular flexibility index (Phi) is 5.01. The Labute approximate surface area is 121 Å². The first-order chi connectivity index (χ1) is 9.53. The van der Waals surface area contributed by atoms with Gasteiger partial charge in [-0.3, -0.25) is 0 Å². The number of likely N-dealkylation sites (tertiary alicyclic amines) is 1. The van der Waals surface area contributed by atoms with E-state index in [9.17, 15) is 8.42 Å². The van der Waals surface area contributed by atoms with Crippen molar-refractivity contribution < 1.29 is 8.42 Å². The normalized spacial score (nSPS) is 18.1. The third-order valence-electron chi connectivity index (χ3n) is 3.59. The molecule has 2 rings (SSSR count). The van der Waals surface area contributed by atoms with Crippen LogP contribution in [0.25, 0.3) is 0 Å². The van der Waals surface area contributed by atoms with Crippen LogP contribution in [0.2, 0.25) is 0 Å². The quantitative estimate of drug-likeness (QED) is 0.864. The molecule has 1 heterocycles. The van der Waals surface area contributed by atoms with E-state index < -0.39 is 10.0 Å². The SMILES string of the molecule is CCNS(=O)(=O)c1ccccc1NC1CCN(C)CC1. The minimum atomic E-state index is -3.43. The van der Waals surface area contributed by atoms with Gasteiger partial charge in [-0.15, -0.1) is 0 Å². The van der Waals surface area contributed by atoms with E-state index in [4.69, 9.17) is 0 Å². The average Bonchev–Trinajstić information content (AvgIpc) is 2.42. The van der Waals surface area contributed by atoms with Crippen LogP contribution in [0.5, 0.6) is 0 Å². The number of hydrogen-bond donors (Lipinski definition) is 2. The van der Waals surface area contributed by atoms with Crippen molar-refractivity contribution in [3.63, 3.8) is 0 Å². The van der Waals surface area contributed by atoms with Gasteiger partial charge in [0.2, 0.25) is 10.0 Å². The summed E-state index contributed by atoms with van der Waals surface area (Å²) in [5, 5.41) is 3.39. The van der Waals surface area contributed by atoms with Gasteiger partial charge in [-0.1, -0.05) is 19.1 Å². The van der Waals surface area contributed by atoms with E-state index in [1.807, 2.05) is 12.1 Å². The number of hydrogen-bond acceptors (Lipinski definition) is 4. The molecule has 0 radical (unpaired) electrons. The van der Waals surface area contributed by atoms with E-state index in [2.05, 4.69) is 22.0 Å². The van der Waals surface area contributed by atoms with Gasteiger partial charge in [0.15, 0.2) is 0 Å². The van der Waals surface area contributed by atoms with Crippen LogP contribution in [0.3, 0.4) is 0 Å². The molecular weight excluding hydrogens is 274 g/mol. The molecule has 2 N–H and O–H groups in total. The maximum Gasteiger partial charge on any atom is 0.242 e. The molecule has 0 aliphatic carbocycles.